The lowest BCUT2D eigenvalue weighted by Crippen LogP contribution is -2.09. The van der Waals surface area contributed by atoms with E-state index < -0.39 is 16.5 Å². The molecule has 4 nitrogen and oxygen atoms in total. The van der Waals surface area contributed by atoms with E-state index in [9.17, 15) is 8.76 Å². The van der Waals surface area contributed by atoms with Crippen LogP contribution in [0.3, 0.4) is 0 Å². The van der Waals surface area contributed by atoms with Crippen LogP contribution in [-0.2, 0) is 16.5 Å². The molecule has 1 heterocycles. The summed E-state index contributed by atoms with van der Waals surface area (Å²) in [7, 11) is 0. The topological polar surface area (TPSA) is 76.8 Å². The molecule has 1 unspecified atom stereocenters. The van der Waals surface area contributed by atoms with E-state index in [2.05, 4.69) is 11.1 Å². The molecule has 2 rings (SSSR count). The standard InChI is InChI=1S/C12H14N2O2S/c1-8(2)11-10(17(15)16)5-9(6-14-11)12(7-13)3-4-12/h5-6,8H,3-4H2,1-2H3,(H,15,16)/p-1. The van der Waals surface area contributed by atoms with Gasteiger partial charge in [0.15, 0.2) is 0 Å². The zero-order valence-electron chi connectivity index (χ0n) is 9.77. The van der Waals surface area contributed by atoms with Gasteiger partial charge in [-0.2, -0.15) is 5.26 Å². The van der Waals surface area contributed by atoms with Crippen molar-refractivity contribution >= 4 is 11.1 Å². The van der Waals surface area contributed by atoms with Gasteiger partial charge in [-0.3, -0.25) is 9.19 Å². The van der Waals surface area contributed by atoms with E-state index in [4.69, 9.17) is 5.26 Å². The third-order valence-electron chi connectivity index (χ3n) is 3.12. The van der Waals surface area contributed by atoms with E-state index in [1.54, 1.807) is 12.3 Å². The molecule has 1 aromatic rings. The highest BCUT2D eigenvalue weighted by Gasteiger charge is 2.45. The average molecular weight is 249 g/mol. The van der Waals surface area contributed by atoms with E-state index >= 15 is 0 Å². The van der Waals surface area contributed by atoms with Crippen molar-refractivity contribution in [2.24, 2.45) is 0 Å². The van der Waals surface area contributed by atoms with Crippen LogP contribution >= 0.6 is 0 Å². The molecule has 5 heteroatoms. The number of rotatable bonds is 3. The van der Waals surface area contributed by atoms with Gasteiger partial charge in [-0.25, -0.2) is 0 Å². The maximum atomic E-state index is 11.2. The Labute approximate surface area is 103 Å². The van der Waals surface area contributed by atoms with Gasteiger partial charge in [0.1, 0.15) is 0 Å². The molecule has 0 bridgehead atoms. The summed E-state index contributed by atoms with van der Waals surface area (Å²) in [6.07, 6.45) is 3.22. The first-order valence-corrected chi connectivity index (χ1v) is 6.58. The molecule has 90 valence electrons. The summed E-state index contributed by atoms with van der Waals surface area (Å²) in [6.45, 7) is 3.80. The Morgan fingerprint density at radius 2 is 2.24 bits per heavy atom. The molecular weight excluding hydrogens is 236 g/mol. The predicted molar refractivity (Wildman–Crippen MR) is 62.0 cm³/mol. The third-order valence-corrected chi connectivity index (χ3v) is 3.81. The lowest BCUT2D eigenvalue weighted by molar-refractivity contribution is 0.534. The van der Waals surface area contributed by atoms with E-state index in [1.165, 1.54) is 0 Å². The molecule has 0 N–H and O–H groups in total. The van der Waals surface area contributed by atoms with Crippen molar-refractivity contribution in [1.29, 1.82) is 5.26 Å². The van der Waals surface area contributed by atoms with Gasteiger partial charge in [0, 0.05) is 11.1 Å². The molecule has 0 aromatic carbocycles. The molecule has 0 aliphatic heterocycles. The maximum absolute atomic E-state index is 11.2. The molecule has 1 saturated carbocycles. The van der Waals surface area contributed by atoms with Gasteiger partial charge >= 0.3 is 0 Å². The average Bonchev–Trinajstić information content (AvgIpc) is 3.09. The van der Waals surface area contributed by atoms with E-state index in [-0.39, 0.29) is 10.8 Å². The molecule has 1 aliphatic rings. The second-order valence-electron chi connectivity index (χ2n) is 4.69. The van der Waals surface area contributed by atoms with E-state index in [1.807, 2.05) is 13.8 Å². The molecule has 0 amide bonds. The fourth-order valence-corrected chi connectivity index (χ4v) is 2.56. The number of pyridine rings is 1. The number of hydrogen-bond donors (Lipinski definition) is 0. The Bertz CT molecular complexity index is 516. The van der Waals surface area contributed by atoms with Gasteiger partial charge in [-0.1, -0.05) is 13.8 Å². The molecule has 1 aromatic heterocycles. The van der Waals surface area contributed by atoms with Crippen LogP contribution in [0, 0.1) is 11.3 Å². The fraction of sp³-hybridized carbons (Fsp3) is 0.500. The van der Waals surface area contributed by atoms with Crippen LogP contribution in [0.2, 0.25) is 0 Å². The summed E-state index contributed by atoms with van der Waals surface area (Å²) in [4.78, 5) is 4.43. The highest BCUT2D eigenvalue weighted by Crippen LogP contribution is 2.47. The van der Waals surface area contributed by atoms with Gasteiger partial charge in [-0.15, -0.1) is 0 Å². The zero-order valence-corrected chi connectivity index (χ0v) is 10.6. The summed E-state index contributed by atoms with van der Waals surface area (Å²) in [5, 5.41) is 9.09. The zero-order chi connectivity index (χ0) is 12.6. The largest absolute Gasteiger partial charge is 0.768 e. The maximum Gasteiger partial charge on any atom is 0.0839 e. The number of nitrogens with zero attached hydrogens (tertiary/aromatic N) is 2. The van der Waals surface area contributed by atoms with Gasteiger partial charge in [0.25, 0.3) is 0 Å². The van der Waals surface area contributed by atoms with Crippen LogP contribution in [0.4, 0.5) is 0 Å². The Balaban J connectivity index is 2.51. The van der Waals surface area contributed by atoms with E-state index in [0.29, 0.717) is 5.69 Å². The number of nitriles is 1. The van der Waals surface area contributed by atoms with Crippen molar-refractivity contribution in [1.82, 2.24) is 4.98 Å². The second kappa shape index (κ2) is 4.21. The molecule has 1 atom stereocenters. The summed E-state index contributed by atoms with van der Waals surface area (Å²) < 4.78 is 22.4. The Morgan fingerprint density at radius 3 is 2.65 bits per heavy atom. The molecular formula is C12H13N2O2S-. The predicted octanol–water partition coefficient (Wildman–Crippen LogP) is 2.00. The van der Waals surface area contributed by atoms with Crippen LogP contribution in [0.15, 0.2) is 17.2 Å². The SMILES string of the molecule is CC(C)c1ncc(C2(C#N)CC2)cc1S(=O)[O-]. The Morgan fingerprint density at radius 1 is 1.59 bits per heavy atom. The minimum absolute atomic E-state index is 0.0502. The minimum atomic E-state index is -2.30. The van der Waals surface area contributed by atoms with Crippen molar-refractivity contribution in [3.8, 4) is 6.07 Å². The lowest BCUT2D eigenvalue weighted by Gasteiger charge is -2.16. The summed E-state index contributed by atoms with van der Waals surface area (Å²) in [5.41, 5.74) is 0.802. The first-order chi connectivity index (χ1) is 8.00. The monoisotopic (exact) mass is 249 g/mol. The molecule has 17 heavy (non-hydrogen) atoms. The van der Waals surface area contributed by atoms with Crippen LogP contribution in [0.1, 0.15) is 43.9 Å². The van der Waals surface area contributed by atoms with Crippen molar-refractivity contribution in [2.45, 2.75) is 42.9 Å². The summed E-state index contributed by atoms with van der Waals surface area (Å²) in [6, 6.07) is 3.84. The van der Waals surface area contributed by atoms with Gasteiger partial charge < -0.3 is 4.55 Å². The lowest BCUT2D eigenvalue weighted by atomic mass is 9.98. The molecule has 0 radical (unpaired) electrons. The summed E-state index contributed by atoms with van der Waals surface area (Å²) in [5.74, 6) is 0.0502. The summed E-state index contributed by atoms with van der Waals surface area (Å²) >= 11 is -2.30. The molecule has 0 spiro atoms. The first kappa shape index (κ1) is 12.2. The van der Waals surface area contributed by atoms with Gasteiger partial charge in [-0.05, 0) is 41.5 Å². The quantitative estimate of drug-likeness (QED) is 0.768. The third kappa shape index (κ3) is 2.11. The van der Waals surface area contributed by atoms with Gasteiger partial charge in [0.05, 0.1) is 17.2 Å². The molecule has 1 fully saturated rings. The van der Waals surface area contributed by atoms with Crippen LogP contribution in [-0.4, -0.2) is 13.7 Å². The van der Waals surface area contributed by atoms with Crippen LogP contribution in [0.5, 0.6) is 0 Å². The molecule has 0 saturated heterocycles. The second-order valence-corrected chi connectivity index (χ2v) is 5.60. The smallest absolute Gasteiger partial charge is 0.0839 e. The Kier molecular flexibility index (Phi) is 3.02. The van der Waals surface area contributed by atoms with Gasteiger partial charge in [0.2, 0.25) is 0 Å². The molecule has 1 aliphatic carbocycles. The minimum Gasteiger partial charge on any atom is -0.768 e. The van der Waals surface area contributed by atoms with Crippen LogP contribution in [0.25, 0.3) is 0 Å². The first-order valence-electron chi connectivity index (χ1n) is 5.51. The number of hydrogen-bond acceptors (Lipinski definition) is 4. The van der Waals surface area contributed by atoms with Crippen molar-refractivity contribution < 1.29 is 8.76 Å². The fourth-order valence-electron chi connectivity index (χ4n) is 1.87. The highest BCUT2D eigenvalue weighted by molar-refractivity contribution is 7.79. The van der Waals surface area contributed by atoms with Crippen LogP contribution < -0.4 is 0 Å². The Hall–Kier alpha value is -1.25. The van der Waals surface area contributed by atoms with Crippen molar-refractivity contribution in [3.63, 3.8) is 0 Å². The highest BCUT2D eigenvalue weighted by atomic mass is 32.2. The number of aromatic nitrogens is 1. The van der Waals surface area contributed by atoms with Crippen molar-refractivity contribution in [2.75, 3.05) is 0 Å². The van der Waals surface area contributed by atoms with E-state index in [0.717, 1.165) is 18.4 Å². The van der Waals surface area contributed by atoms with Crippen molar-refractivity contribution in [3.05, 3.63) is 23.5 Å². The normalized spacial score (nSPS) is 18.8.